The molecule has 0 spiro atoms. The van der Waals surface area contributed by atoms with Crippen molar-refractivity contribution in [3.63, 3.8) is 0 Å². The fraction of sp³-hybridized carbons (Fsp3) is 0. The van der Waals surface area contributed by atoms with Gasteiger partial charge in [0.05, 0.1) is 22.1 Å². The summed E-state index contributed by atoms with van der Waals surface area (Å²) in [7, 11) is 0. The van der Waals surface area contributed by atoms with Crippen LogP contribution in [0.5, 0.6) is 23.0 Å². The topological polar surface area (TPSA) is 84.2 Å². The SMILES string of the molecule is O=c1c2ccc(Oc3ccc(F)cc3)cc2[nH]c2cc3c(=O)c4ccc(Oc5ccc(F)cc5)cc4[nH]c3cc12. The van der Waals surface area contributed by atoms with Crippen LogP contribution in [0.2, 0.25) is 0 Å². The van der Waals surface area contributed by atoms with Gasteiger partial charge in [-0.1, -0.05) is 0 Å². The molecule has 0 aliphatic rings. The van der Waals surface area contributed by atoms with Crippen molar-refractivity contribution in [1.29, 1.82) is 0 Å². The Bertz CT molecular complexity index is 2060. The van der Waals surface area contributed by atoms with Gasteiger partial charge in [-0.05, 0) is 84.9 Å². The van der Waals surface area contributed by atoms with Crippen LogP contribution in [0.3, 0.4) is 0 Å². The van der Waals surface area contributed by atoms with E-state index >= 15 is 0 Å². The highest BCUT2D eigenvalue weighted by Crippen LogP contribution is 2.28. The smallest absolute Gasteiger partial charge is 0.197 e. The highest BCUT2D eigenvalue weighted by molar-refractivity contribution is 6.03. The number of benzene rings is 5. The largest absolute Gasteiger partial charge is 0.457 e. The van der Waals surface area contributed by atoms with Crippen LogP contribution in [-0.4, -0.2) is 9.97 Å². The zero-order valence-electron chi connectivity index (χ0n) is 20.6. The molecule has 0 atom stereocenters. The quantitative estimate of drug-likeness (QED) is 0.230. The summed E-state index contributed by atoms with van der Waals surface area (Å²) in [6, 6.07) is 24.7. The number of rotatable bonds is 4. The maximum absolute atomic E-state index is 13.4. The fourth-order valence-corrected chi connectivity index (χ4v) is 4.82. The van der Waals surface area contributed by atoms with Crippen molar-refractivity contribution < 1.29 is 18.3 Å². The molecular formula is C32H18F2N2O4. The Kier molecular flexibility index (Phi) is 5.35. The summed E-state index contributed by atoms with van der Waals surface area (Å²) in [5, 5.41) is 1.75. The lowest BCUT2D eigenvalue weighted by Crippen LogP contribution is -2.08. The van der Waals surface area contributed by atoms with E-state index in [2.05, 4.69) is 9.97 Å². The summed E-state index contributed by atoms with van der Waals surface area (Å²) in [4.78, 5) is 33.4. The maximum atomic E-state index is 13.4. The predicted molar refractivity (Wildman–Crippen MR) is 151 cm³/mol. The van der Waals surface area contributed by atoms with Crippen LogP contribution in [0.25, 0.3) is 43.6 Å². The molecule has 2 aromatic heterocycles. The van der Waals surface area contributed by atoms with E-state index in [0.29, 0.717) is 66.6 Å². The molecule has 0 fully saturated rings. The summed E-state index contributed by atoms with van der Waals surface area (Å²) in [6.07, 6.45) is 0. The summed E-state index contributed by atoms with van der Waals surface area (Å²) in [6.45, 7) is 0. The zero-order chi connectivity index (χ0) is 27.4. The first-order valence-corrected chi connectivity index (χ1v) is 12.4. The second kappa shape index (κ2) is 9.06. The zero-order valence-corrected chi connectivity index (χ0v) is 20.6. The molecule has 7 aromatic rings. The van der Waals surface area contributed by atoms with E-state index in [1.165, 1.54) is 48.5 Å². The van der Waals surface area contributed by atoms with Crippen LogP contribution in [0.4, 0.5) is 8.78 Å². The minimum atomic E-state index is -0.365. The number of hydrogen-bond donors (Lipinski definition) is 2. The molecule has 7 rings (SSSR count). The molecule has 2 heterocycles. The molecule has 2 N–H and O–H groups in total. The van der Waals surface area contributed by atoms with Crippen LogP contribution >= 0.6 is 0 Å². The first-order valence-electron chi connectivity index (χ1n) is 12.4. The van der Waals surface area contributed by atoms with Crippen LogP contribution in [0.15, 0.2) is 107 Å². The van der Waals surface area contributed by atoms with E-state index in [0.717, 1.165) is 0 Å². The molecule has 0 aliphatic carbocycles. The molecule has 0 radical (unpaired) electrons. The molecule has 8 heteroatoms. The minimum Gasteiger partial charge on any atom is -0.457 e. The number of hydrogen-bond acceptors (Lipinski definition) is 4. The van der Waals surface area contributed by atoms with E-state index in [4.69, 9.17) is 9.47 Å². The van der Waals surface area contributed by atoms with Crippen LogP contribution in [-0.2, 0) is 0 Å². The standard InChI is InChI=1S/C32H18F2N2O4/c33-17-1-5-19(6-2-17)39-21-9-11-23-27(13-21)35-29-15-26-30(16-25(29)31(23)37)36-28-14-22(10-12-24(28)32(26)38)40-20-7-3-18(34)4-8-20/h1-16H,(H,35,37)(H,36,38). The number of aromatic amines is 2. The lowest BCUT2D eigenvalue weighted by atomic mass is 10.1. The number of pyridine rings is 2. The van der Waals surface area contributed by atoms with Crippen molar-refractivity contribution in [2.45, 2.75) is 0 Å². The van der Waals surface area contributed by atoms with Gasteiger partial charge < -0.3 is 19.4 Å². The van der Waals surface area contributed by atoms with Gasteiger partial charge in [0.15, 0.2) is 10.9 Å². The molecule has 0 amide bonds. The second-order valence-corrected chi connectivity index (χ2v) is 9.38. The fourth-order valence-electron chi connectivity index (χ4n) is 4.82. The average Bonchev–Trinajstić information content (AvgIpc) is 2.95. The first-order chi connectivity index (χ1) is 19.4. The van der Waals surface area contributed by atoms with E-state index in [-0.39, 0.29) is 22.5 Å². The normalized spacial score (nSPS) is 11.4. The van der Waals surface area contributed by atoms with Gasteiger partial charge in [0.1, 0.15) is 34.6 Å². The minimum absolute atomic E-state index is 0.201. The van der Waals surface area contributed by atoms with Crippen molar-refractivity contribution in [2.24, 2.45) is 0 Å². The van der Waals surface area contributed by atoms with Gasteiger partial charge in [-0.2, -0.15) is 0 Å². The maximum Gasteiger partial charge on any atom is 0.197 e. The van der Waals surface area contributed by atoms with Gasteiger partial charge in [0.25, 0.3) is 0 Å². The lowest BCUT2D eigenvalue weighted by molar-refractivity contribution is 0.481. The van der Waals surface area contributed by atoms with Crippen molar-refractivity contribution in [2.75, 3.05) is 0 Å². The van der Waals surface area contributed by atoms with Crippen LogP contribution < -0.4 is 20.3 Å². The summed E-state index contributed by atoms with van der Waals surface area (Å²) in [5.74, 6) is 1.12. The Morgan fingerprint density at radius 1 is 0.425 bits per heavy atom. The molecule has 0 saturated carbocycles. The van der Waals surface area contributed by atoms with Crippen LogP contribution in [0.1, 0.15) is 0 Å². The molecule has 0 saturated heterocycles. The molecule has 194 valence electrons. The molecule has 5 aromatic carbocycles. The third kappa shape index (κ3) is 4.12. The number of halogens is 2. The van der Waals surface area contributed by atoms with E-state index in [1.807, 2.05) is 0 Å². The molecular weight excluding hydrogens is 514 g/mol. The van der Waals surface area contributed by atoms with E-state index < -0.39 is 0 Å². The monoisotopic (exact) mass is 532 g/mol. The number of H-pyrrole nitrogens is 2. The van der Waals surface area contributed by atoms with Gasteiger partial charge in [0, 0.05) is 33.7 Å². The third-order valence-electron chi connectivity index (χ3n) is 6.76. The van der Waals surface area contributed by atoms with Gasteiger partial charge in [-0.15, -0.1) is 0 Å². The van der Waals surface area contributed by atoms with E-state index in [9.17, 15) is 18.4 Å². The number of aromatic nitrogens is 2. The Balaban J connectivity index is 1.33. The van der Waals surface area contributed by atoms with Crippen molar-refractivity contribution >= 4 is 43.6 Å². The molecule has 0 aliphatic heterocycles. The Labute approximate surface area is 224 Å². The Hall–Kier alpha value is -5.50. The van der Waals surface area contributed by atoms with E-state index in [1.54, 1.807) is 48.5 Å². The Morgan fingerprint density at radius 3 is 1.18 bits per heavy atom. The number of nitrogens with one attached hydrogen (secondary N) is 2. The van der Waals surface area contributed by atoms with Crippen molar-refractivity contribution in [3.05, 3.63) is 129 Å². The first kappa shape index (κ1) is 23.6. The third-order valence-corrected chi connectivity index (χ3v) is 6.76. The molecule has 6 nitrogen and oxygen atoms in total. The lowest BCUT2D eigenvalue weighted by Gasteiger charge is -2.10. The second-order valence-electron chi connectivity index (χ2n) is 9.38. The van der Waals surface area contributed by atoms with Crippen molar-refractivity contribution in [3.8, 4) is 23.0 Å². The predicted octanol–water partition coefficient (Wildman–Crippen LogP) is 7.54. The Morgan fingerprint density at radius 2 is 0.775 bits per heavy atom. The van der Waals surface area contributed by atoms with Crippen molar-refractivity contribution in [1.82, 2.24) is 9.97 Å². The molecule has 0 unspecified atom stereocenters. The highest BCUT2D eigenvalue weighted by Gasteiger charge is 2.13. The molecule has 40 heavy (non-hydrogen) atoms. The number of fused-ring (bicyclic) bond motifs is 4. The summed E-state index contributed by atoms with van der Waals surface area (Å²) >= 11 is 0. The van der Waals surface area contributed by atoms with Gasteiger partial charge in [-0.3, -0.25) is 9.59 Å². The summed E-state index contributed by atoms with van der Waals surface area (Å²) < 4.78 is 38.1. The van der Waals surface area contributed by atoms with Gasteiger partial charge in [-0.25, -0.2) is 8.78 Å². The highest BCUT2D eigenvalue weighted by atomic mass is 19.1. The summed E-state index contributed by atoms with van der Waals surface area (Å²) in [5.41, 5.74) is 1.68. The average molecular weight is 533 g/mol. The van der Waals surface area contributed by atoms with Gasteiger partial charge in [0.2, 0.25) is 0 Å². The molecule has 0 bridgehead atoms. The van der Waals surface area contributed by atoms with Crippen LogP contribution in [0, 0.1) is 11.6 Å². The van der Waals surface area contributed by atoms with Gasteiger partial charge >= 0.3 is 0 Å². The number of ether oxygens (including phenoxy) is 2.